The minimum absolute atomic E-state index is 0. The van der Waals surface area contributed by atoms with Gasteiger partial charge in [-0.05, 0) is 0 Å². The Kier molecular flexibility index (Phi) is 232. The molecule has 0 bridgehead atoms. The summed E-state index contributed by atoms with van der Waals surface area (Å²) in [6.45, 7) is 0. The number of hydrogen-bond acceptors (Lipinski definition) is 0. The van der Waals surface area contributed by atoms with Crippen LogP contribution in [0.5, 0.6) is 0 Å². The third-order valence-electron chi connectivity index (χ3n) is 0. The zero-order valence-corrected chi connectivity index (χ0v) is 3.03. The molecule has 0 amide bonds. The van der Waals surface area contributed by atoms with E-state index < -0.39 is 0 Å². The fourth-order valence-corrected chi connectivity index (χ4v) is 0. The smallest absolute Gasteiger partial charge is 0 e. The molecule has 1 nitrogen and oxygen atoms in total. The summed E-state index contributed by atoms with van der Waals surface area (Å²) in [5, 5.41) is 0. The first kappa shape index (κ1) is 42.5. The second-order valence-corrected chi connectivity index (χ2v) is 0. The van der Waals surface area contributed by atoms with Gasteiger partial charge in [-0.1, -0.05) is 0 Å². The van der Waals surface area contributed by atoms with Crippen molar-refractivity contribution in [3.05, 3.63) is 0 Å². The van der Waals surface area contributed by atoms with Crippen LogP contribution < -0.4 is 0 Å². The summed E-state index contributed by atoms with van der Waals surface area (Å²) in [4.78, 5) is 0. The van der Waals surface area contributed by atoms with Crippen molar-refractivity contribution in [1.82, 2.24) is 0 Å². The van der Waals surface area contributed by atoms with Crippen LogP contribution >= 0.6 is 12.4 Å². The molecule has 4 heavy (non-hydrogen) atoms. The van der Waals surface area contributed by atoms with Crippen LogP contribution in [0.2, 0.25) is 0 Å². The summed E-state index contributed by atoms with van der Waals surface area (Å²) >= 11 is 0. The Morgan fingerprint density at radius 3 is 1.00 bits per heavy atom. The number of halogens is 1. The predicted molar refractivity (Wildman–Crippen MR) is 18.0 cm³/mol. The van der Waals surface area contributed by atoms with Crippen LogP contribution in [0.3, 0.4) is 0 Å². The van der Waals surface area contributed by atoms with Gasteiger partial charge in [0.25, 0.3) is 0 Å². The molecular weight excluding hydrogens is 133 g/mol. The largest absolute Gasteiger partial charge is 0 e. The van der Waals surface area contributed by atoms with Gasteiger partial charge in [0.05, 0.1) is 0 Å². The van der Waals surface area contributed by atoms with Gasteiger partial charge >= 0.3 is 29.6 Å². The minimum atomic E-state index is 0. The van der Waals surface area contributed by atoms with Crippen LogP contribution in [0, 0.1) is 0 Å². The normalized spacial score (nSPS) is 0. The quantitative estimate of drug-likeness (QED) is 0.381. The van der Waals surface area contributed by atoms with Gasteiger partial charge in [0.1, 0.15) is 0 Å². The molecule has 0 aromatic rings. The molecule has 0 saturated carbocycles. The van der Waals surface area contributed by atoms with Crippen LogP contribution in [0.1, 0.15) is 0 Å². The fraction of sp³-hybridized carbons (Fsp3) is 0. The van der Waals surface area contributed by atoms with E-state index in [-0.39, 0.29) is 63.9 Å². The Labute approximate surface area is 63.5 Å². The van der Waals surface area contributed by atoms with E-state index in [9.17, 15) is 0 Å². The molecule has 0 aliphatic heterocycles. The fourth-order valence-electron chi connectivity index (χ4n) is 0. The number of hydrogen-bond donors (Lipinski definition) is 0. The molecule has 0 heterocycles. The molecular formula is H4ClNaNiO. The second kappa shape index (κ2) is 21.9. The summed E-state index contributed by atoms with van der Waals surface area (Å²) in [7, 11) is 0. The average molecular weight is 137 g/mol. The Bertz CT molecular complexity index is 8.00. The molecule has 0 aliphatic carbocycles. The molecule has 0 fully saturated rings. The van der Waals surface area contributed by atoms with E-state index in [1.807, 2.05) is 0 Å². The van der Waals surface area contributed by atoms with Gasteiger partial charge in [-0.15, -0.1) is 12.4 Å². The molecule has 2 N–H and O–H groups in total. The van der Waals surface area contributed by atoms with Gasteiger partial charge in [-0.2, -0.15) is 0 Å². The SMILES string of the molecule is Cl.O.[NaH].[Ni]. The third-order valence-corrected chi connectivity index (χ3v) is 0. The van der Waals surface area contributed by atoms with Crippen molar-refractivity contribution in [3.63, 3.8) is 0 Å². The Hall–Kier alpha value is 1.74. The maximum absolute atomic E-state index is 0. The van der Waals surface area contributed by atoms with Gasteiger partial charge in [0, 0.05) is 16.5 Å². The van der Waals surface area contributed by atoms with Gasteiger partial charge in [-0.25, -0.2) is 0 Å². The third kappa shape index (κ3) is 9.27. The van der Waals surface area contributed by atoms with Gasteiger partial charge < -0.3 is 5.48 Å². The molecule has 0 aromatic heterocycles. The van der Waals surface area contributed by atoms with Crippen molar-refractivity contribution < 1.29 is 22.0 Å². The molecule has 0 rings (SSSR count). The van der Waals surface area contributed by atoms with E-state index >= 15 is 0 Å². The van der Waals surface area contributed by atoms with Gasteiger partial charge in [0.15, 0.2) is 0 Å². The zero-order chi connectivity index (χ0) is 0. The van der Waals surface area contributed by atoms with E-state index in [1.165, 1.54) is 0 Å². The van der Waals surface area contributed by atoms with E-state index in [2.05, 4.69) is 0 Å². The summed E-state index contributed by atoms with van der Waals surface area (Å²) in [5.74, 6) is 0. The van der Waals surface area contributed by atoms with Crippen LogP contribution in [0.25, 0.3) is 0 Å². The summed E-state index contributed by atoms with van der Waals surface area (Å²) in [6.07, 6.45) is 0. The summed E-state index contributed by atoms with van der Waals surface area (Å²) in [6, 6.07) is 0. The first-order valence-corrected chi connectivity index (χ1v) is 0. The predicted octanol–water partition coefficient (Wildman–Crippen LogP) is -1.05. The molecule has 28 valence electrons. The van der Waals surface area contributed by atoms with Crippen LogP contribution in [-0.4, -0.2) is 35.0 Å². The number of rotatable bonds is 0. The van der Waals surface area contributed by atoms with Gasteiger partial charge in [-0.3, -0.25) is 0 Å². The Morgan fingerprint density at radius 2 is 1.00 bits per heavy atom. The van der Waals surface area contributed by atoms with Crippen LogP contribution in [0.15, 0.2) is 0 Å². The van der Waals surface area contributed by atoms with Crippen molar-refractivity contribution in [1.29, 1.82) is 0 Å². The van der Waals surface area contributed by atoms with E-state index in [0.717, 1.165) is 0 Å². The van der Waals surface area contributed by atoms with E-state index in [1.54, 1.807) is 0 Å². The Morgan fingerprint density at radius 1 is 1.00 bits per heavy atom. The second-order valence-electron chi connectivity index (χ2n) is 0. The standard InChI is InChI=1S/ClH.Na.Ni.H2O.H/h1H;;;1H2;. The molecule has 0 unspecified atom stereocenters. The molecule has 0 spiro atoms. The van der Waals surface area contributed by atoms with Crippen molar-refractivity contribution >= 4 is 42.0 Å². The monoisotopic (exact) mass is 136 g/mol. The molecule has 0 saturated heterocycles. The summed E-state index contributed by atoms with van der Waals surface area (Å²) in [5.41, 5.74) is 0. The zero-order valence-electron chi connectivity index (χ0n) is 1.22. The Balaban J connectivity index is 0. The maximum atomic E-state index is 0. The van der Waals surface area contributed by atoms with Crippen LogP contribution in [0.4, 0.5) is 0 Å². The maximum Gasteiger partial charge on any atom is 0 e. The molecule has 4 heteroatoms. The minimum Gasteiger partial charge on any atom is 0 e. The first-order chi connectivity index (χ1) is 0. The van der Waals surface area contributed by atoms with Crippen molar-refractivity contribution in [3.8, 4) is 0 Å². The summed E-state index contributed by atoms with van der Waals surface area (Å²) < 4.78 is 0. The van der Waals surface area contributed by atoms with Crippen LogP contribution in [-0.2, 0) is 16.5 Å². The topological polar surface area (TPSA) is 31.5 Å². The van der Waals surface area contributed by atoms with Crippen molar-refractivity contribution in [2.24, 2.45) is 0 Å². The van der Waals surface area contributed by atoms with E-state index in [0.29, 0.717) is 0 Å². The van der Waals surface area contributed by atoms with Crippen molar-refractivity contribution in [2.45, 2.75) is 0 Å². The molecule has 0 aliphatic rings. The average Bonchev–Trinajstić information content (AvgIpc) is 0. The molecule has 0 aromatic carbocycles. The van der Waals surface area contributed by atoms with Gasteiger partial charge in [0.2, 0.25) is 0 Å². The van der Waals surface area contributed by atoms with Crippen molar-refractivity contribution in [2.75, 3.05) is 0 Å². The molecule has 0 atom stereocenters. The molecule has 0 radical (unpaired) electrons. The first-order valence-electron chi connectivity index (χ1n) is 0. The van der Waals surface area contributed by atoms with E-state index in [4.69, 9.17) is 0 Å².